The Morgan fingerprint density at radius 1 is 1.15 bits per heavy atom. The van der Waals surface area contributed by atoms with Crippen molar-refractivity contribution in [3.05, 3.63) is 54.1 Å². The van der Waals surface area contributed by atoms with Crippen LogP contribution in [0.15, 0.2) is 48.5 Å². The first kappa shape index (κ1) is 22.6. The van der Waals surface area contributed by atoms with Gasteiger partial charge in [0.25, 0.3) is 5.91 Å². The molecule has 0 unspecified atom stereocenters. The number of ether oxygens (including phenoxy) is 2. The molecule has 2 fully saturated rings. The van der Waals surface area contributed by atoms with Gasteiger partial charge in [0.1, 0.15) is 17.3 Å². The minimum Gasteiger partial charge on any atom is -0.497 e. The summed E-state index contributed by atoms with van der Waals surface area (Å²) < 4.78 is 10.6. The monoisotopic (exact) mass is 452 g/mol. The summed E-state index contributed by atoms with van der Waals surface area (Å²) in [5, 5.41) is 5.53. The lowest BCUT2D eigenvalue weighted by Crippen LogP contribution is -2.47. The van der Waals surface area contributed by atoms with Crippen LogP contribution < -0.4 is 20.3 Å². The third kappa shape index (κ3) is 4.36. The highest BCUT2D eigenvalue weighted by atomic mass is 16.5. The Kier molecular flexibility index (Phi) is 6.24. The second kappa shape index (κ2) is 9.11. The summed E-state index contributed by atoms with van der Waals surface area (Å²) in [4.78, 5) is 42.1. The number of rotatable bonds is 6. The van der Waals surface area contributed by atoms with Gasteiger partial charge in [-0.15, -0.1) is 0 Å². The lowest BCUT2D eigenvalue weighted by Gasteiger charge is -2.29. The molecular weight excluding hydrogens is 424 g/mol. The van der Waals surface area contributed by atoms with E-state index in [4.69, 9.17) is 9.47 Å². The number of morpholine rings is 1. The summed E-state index contributed by atoms with van der Waals surface area (Å²) in [5.41, 5.74) is 0.924. The lowest BCUT2D eigenvalue weighted by atomic mass is 9.91. The van der Waals surface area contributed by atoms with Crippen LogP contribution in [0.1, 0.15) is 19.4 Å². The molecule has 2 saturated heterocycles. The number of carbonyl (C=O) groups is 3. The van der Waals surface area contributed by atoms with Crippen molar-refractivity contribution in [3.63, 3.8) is 0 Å². The lowest BCUT2D eigenvalue weighted by molar-refractivity contribution is -0.136. The highest BCUT2D eigenvalue weighted by molar-refractivity contribution is 6.11. The molecule has 2 aliphatic rings. The highest BCUT2D eigenvalue weighted by Gasteiger charge is 2.51. The Bertz CT molecular complexity index is 1050. The van der Waals surface area contributed by atoms with Crippen molar-refractivity contribution < 1.29 is 23.9 Å². The molecule has 33 heavy (non-hydrogen) atoms. The van der Waals surface area contributed by atoms with Gasteiger partial charge in [-0.25, -0.2) is 9.69 Å². The predicted octanol–water partition coefficient (Wildman–Crippen LogP) is 2.33. The fraction of sp³-hybridized carbons (Fsp3) is 0.375. The Morgan fingerprint density at radius 3 is 2.52 bits per heavy atom. The average Bonchev–Trinajstić information content (AvgIpc) is 3.08. The van der Waals surface area contributed by atoms with Gasteiger partial charge in [-0.05, 0) is 55.8 Å². The van der Waals surface area contributed by atoms with Gasteiger partial charge in [-0.2, -0.15) is 0 Å². The van der Waals surface area contributed by atoms with Crippen molar-refractivity contribution in [2.24, 2.45) is 0 Å². The maximum atomic E-state index is 13.3. The normalized spacial score (nSPS) is 21.5. The van der Waals surface area contributed by atoms with E-state index in [-0.39, 0.29) is 0 Å². The number of hydrogen-bond donors (Lipinski definition) is 2. The Labute approximate surface area is 192 Å². The molecule has 0 bridgehead atoms. The van der Waals surface area contributed by atoms with Gasteiger partial charge in [0.2, 0.25) is 5.91 Å². The van der Waals surface area contributed by atoms with Crippen LogP contribution >= 0.6 is 0 Å². The van der Waals surface area contributed by atoms with Gasteiger partial charge in [0, 0.05) is 24.5 Å². The molecule has 0 radical (unpaired) electrons. The molecule has 0 spiro atoms. The highest BCUT2D eigenvalue weighted by Crippen LogP contribution is 2.32. The Balaban J connectivity index is 1.45. The molecule has 0 aliphatic carbocycles. The molecule has 2 heterocycles. The van der Waals surface area contributed by atoms with Gasteiger partial charge in [-0.1, -0.05) is 12.1 Å². The summed E-state index contributed by atoms with van der Waals surface area (Å²) >= 11 is 0. The van der Waals surface area contributed by atoms with E-state index in [2.05, 4.69) is 15.5 Å². The molecule has 2 aromatic rings. The second-order valence-corrected chi connectivity index (χ2v) is 8.27. The number of imide groups is 1. The van der Waals surface area contributed by atoms with Crippen LogP contribution in [0.5, 0.6) is 5.75 Å². The fourth-order valence-corrected chi connectivity index (χ4v) is 4.08. The van der Waals surface area contributed by atoms with Crippen molar-refractivity contribution >= 4 is 29.2 Å². The molecular formula is C24H28N4O5. The average molecular weight is 453 g/mol. The van der Waals surface area contributed by atoms with E-state index < -0.39 is 29.4 Å². The second-order valence-electron chi connectivity index (χ2n) is 8.27. The summed E-state index contributed by atoms with van der Waals surface area (Å²) in [6.45, 7) is 6.18. The first-order valence-corrected chi connectivity index (χ1v) is 10.9. The number of nitrogens with one attached hydrogen (secondary N) is 2. The molecule has 0 aromatic heterocycles. The molecule has 2 atom stereocenters. The number of carbonyl (C=O) groups excluding carboxylic acids is 3. The zero-order chi connectivity index (χ0) is 23.6. The standard InChI is InChI=1S/C24H28N4O5/c1-16(21(29)25-18-7-9-19(10-8-18)27-11-13-33-14-12-27)28-22(30)24(2,26-23(28)31)17-5-4-6-20(15-17)32-3/h4-10,15-16H,11-14H2,1-3H3,(H,25,29)(H,26,31)/t16-,24+/m0/s1. The Hall–Kier alpha value is -3.59. The first-order chi connectivity index (χ1) is 15.8. The van der Waals surface area contributed by atoms with E-state index >= 15 is 0 Å². The number of methoxy groups -OCH3 is 1. The van der Waals surface area contributed by atoms with Crippen molar-refractivity contribution in [1.29, 1.82) is 0 Å². The number of nitrogens with zero attached hydrogens (tertiary/aromatic N) is 2. The molecule has 0 saturated carbocycles. The van der Waals surface area contributed by atoms with Crippen molar-refractivity contribution in [2.45, 2.75) is 25.4 Å². The fourth-order valence-electron chi connectivity index (χ4n) is 4.08. The molecule has 2 N–H and O–H groups in total. The summed E-state index contributed by atoms with van der Waals surface area (Å²) in [7, 11) is 1.53. The van der Waals surface area contributed by atoms with Crippen LogP contribution in [0.25, 0.3) is 0 Å². The zero-order valence-electron chi connectivity index (χ0n) is 19.0. The van der Waals surface area contributed by atoms with E-state index in [1.807, 2.05) is 24.3 Å². The van der Waals surface area contributed by atoms with E-state index in [1.165, 1.54) is 14.0 Å². The third-order valence-electron chi connectivity index (χ3n) is 6.15. The SMILES string of the molecule is COc1cccc([C@@]2(C)NC(=O)N([C@@H](C)C(=O)Nc3ccc(N4CCOCC4)cc3)C2=O)c1. The third-order valence-corrected chi connectivity index (χ3v) is 6.15. The summed E-state index contributed by atoms with van der Waals surface area (Å²) in [6, 6.07) is 12.8. The first-order valence-electron chi connectivity index (χ1n) is 10.9. The summed E-state index contributed by atoms with van der Waals surface area (Å²) in [6.07, 6.45) is 0. The van der Waals surface area contributed by atoms with Crippen LogP contribution in [0.2, 0.25) is 0 Å². The van der Waals surface area contributed by atoms with E-state index in [1.54, 1.807) is 31.2 Å². The molecule has 2 aromatic carbocycles. The Morgan fingerprint density at radius 2 is 1.85 bits per heavy atom. The van der Waals surface area contributed by atoms with Crippen molar-refractivity contribution in [3.8, 4) is 5.75 Å². The number of amides is 4. The van der Waals surface area contributed by atoms with Crippen molar-refractivity contribution in [2.75, 3.05) is 43.6 Å². The number of urea groups is 1. The predicted molar refractivity (Wildman–Crippen MR) is 123 cm³/mol. The number of anilines is 2. The van der Waals surface area contributed by atoms with E-state index in [0.717, 1.165) is 23.7 Å². The minimum atomic E-state index is -1.29. The quantitative estimate of drug-likeness (QED) is 0.653. The van der Waals surface area contributed by atoms with Gasteiger partial charge >= 0.3 is 6.03 Å². The number of hydrogen-bond acceptors (Lipinski definition) is 6. The van der Waals surface area contributed by atoms with Gasteiger partial charge < -0.3 is 25.0 Å². The smallest absolute Gasteiger partial charge is 0.326 e. The molecule has 174 valence electrons. The van der Waals surface area contributed by atoms with Crippen LogP contribution in [-0.4, -0.2) is 62.2 Å². The number of benzene rings is 2. The molecule has 2 aliphatic heterocycles. The van der Waals surface area contributed by atoms with Crippen LogP contribution in [0.3, 0.4) is 0 Å². The maximum absolute atomic E-state index is 13.3. The molecule has 9 nitrogen and oxygen atoms in total. The summed E-state index contributed by atoms with van der Waals surface area (Å²) in [5.74, 6) is -0.376. The molecule has 9 heteroatoms. The van der Waals surface area contributed by atoms with Gasteiger partial charge in [-0.3, -0.25) is 9.59 Å². The minimum absolute atomic E-state index is 0.451. The molecule has 4 rings (SSSR count). The van der Waals surface area contributed by atoms with Crippen molar-refractivity contribution in [1.82, 2.24) is 10.2 Å². The molecule has 4 amide bonds. The van der Waals surface area contributed by atoms with Gasteiger partial charge in [0.05, 0.1) is 20.3 Å². The van der Waals surface area contributed by atoms with E-state index in [0.29, 0.717) is 30.2 Å². The van der Waals surface area contributed by atoms with E-state index in [9.17, 15) is 14.4 Å². The van der Waals surface area contributed by atoms with Crippen LogP contribution in [0, 0.1) is 0 Å². The van der Waals surface area contributed by atoms with Crippen LogP contribution in [0.4, 0.5) is 16.2 Å². The largest absolute Gasteiger partial charge is 0.497 e. The van der Waals surface area contributed by atoms with Crippen LogP contribution in [-0.2, 0) is 19.9 Å². The maximum Gasteiger partial charge on any atom is 0.326 e. The topological polar surface area (TPSA) is 100 Å². The van der Waals surface area contributed by atoms with Gasteiger partial charge in [0.15, 0.2) is 0 Å². The zero-order valence-corrected chi connectivity index (χ0v) is 19.0.